The van der Waals surface area contributed by atoms with Crippen molar-refractivity contribution in [1.82, 2.24) is 0 Å². The Labute approximate surface area is 141 Å². The van der Waals surface area contributed by atoms with Gasteiger partial charge < -0.3 is 4.42 Å². The lowest BCUT2D eigenvalue weighted by Gasteiger charge is -2.06. The number of rotatable bonds is 4. The molecule has 0 aliphatic rings. The van der Waals surface area contributed by atoms with Crippen molar-refractivity contribution in [2.24, 2.45) is 4.99 Å². The highest BCUT2D eigenvalue weighted by molar-refractivity contribution is 6.30. The minimum atomic E-state index is 0.236. The number of fused-ring (bicyclic) bond motifs is 1. The maximum absolute atomic E-state index is 6.04. The third-order valence-electron chi connectivity index (χ3n) is 3.93. The molecule has 3 rings (SSSR count). The second kappa shape index (κ2) is 6.43. The standard InChI is InChI=1S/C20H18ClNO/c1-4-15-9-11-16(12-10-15)19(22-14(3)21)20-13(2)17-7-5-6-8-18(17)23-20/h5-12H,3-4H2,1-2H3/b22-19-. The van der Waals surface area contributed by atoms with Crippen molar-refractivity contribution in [2.45, 2.75) is 20.3 Å². The lowest BCUT2D eigenvalue weighted by Crippen LogP contribution is -2.04. The average molecular weight is 324 g/mol. The zero-order chi connectivity index (χ0) is 16.4. The summed E-state index contributed by atoms with van der Waals surface area (Å²) in [6.07, 6.45) is 0.999. The van der Waals surface area contributed by atoms with Gasteiger partial charge in [-0.25, -0.2) is 4.99 Å². The van der Waals surface area contributed by atoms with Crippen LogP contribution in [0.15, 0.2) is 69.7 Å². The van der Waals surface area contributed by atoms with E-state index in [9.17, 15) is 0 Å². The van der Waals surface area contributed by atoms with E-state index in [0.29, 0.717) is 5.71 Å². The van der Waals surface area contributed by atoms with Crippen LogP contribution in [0.3, 0.4) is 0 Å². The van der Waals surface area contributed by atoms with Crippen molar-refractivity contribution in [3.05, 3.63) is 82.7 Å². The Morgan fingerprint density at radius 3 is 2.43 bits per heavy atom. The summed E-state index contributed by atoms with van der Waals surface area (Å²) in [6.45, 7) is 7.87. The predicted molar refractivity (Wildman–Crippen MR) is 97.4 cm³/mol. The van der Waals surface area contributed by atoms with E-state index >= 15 is 0 Å². The van der Waals surface area contributed by atoms with Gasteiger partial charge in [0.2, 0.25) is 0 Å². The van der Waals surface area contributed by atoms with Crippen LogP contribution < -0.4 is 0 Å². The van der Waals surface area contributed by atoms with Crippen molar-refractivity contribution in [1.29, 1.82) is 0 Å². The van der Waals surface area contributed by atoms with Crippen LogP contribution in [0.25, 0.3) is 11.0 Å². The highest BCUT2D eigenvalue weighted by atomic mass is 35.5. The molecule has 0 saturated heterocycles. The van der Waals surface area contributed by atoms with Crippen molar-refractivity contribution < 1.29 is 4.42 Å². The fraction of sp³-hybridized carbons (Fsp3) is 0.150. The van der Waals surface area contributed by atoms with Crippen LogP contribution in [0.2, 0.25) is 0 Å². The van der Waals surface area contributed by atoms with E-state index in [-0.39, 0.29) is 5.16 Å². The van der Waals surface area contributed by atoms with Crippen molar-refractivity contribution >= 4 is 28.3 Å². The number of aryl methyl sites for hydroxylation is 2. The first-order valence-corrected chi connectivity index (χ1v) is 7.99. The quantitative estimate of drug-likeness (QED) is 0.436. The van der Waals surface area contributed by atoms with Gasteiger partial charge in [-0.3, -0.25) is 0 Å². The van der Waals surface area contributed by atoms with Gasteiger partial charge in [-0.15, -0.1) is 0 Å². The molecular formula is C20H18ClNO. The van der Waals surface area contributed by atoms with E-state index in [4.69, 9.17) is 16.0 Å². The molecule has 1 aromatic heterocycles. The normalized spacial score (nSPS) is 11.9. The van der Waals surface area contributed by atoms with Crippen LogP contribution in [0.1, 0.15) is 29.4 Å². The molecule has 2 aromatic carbocycles. The predicted octanol–water partition coefficient (Wildman–Crippen LogP) is 5.85. The van der Waals surface area contributed by atoms with Gasteiger partial charge in [0.25, 0.3) is 0 Å². The highest BCUT2D eigenvalue weighted by Crippen LogP contribution is 2.28. The van der Waals surface area contributed by atoms with Gasteiger partial charge >= 0.3 is 0 Å². The summed E-state index contributed by atoms with van der Waals surface area (Å²) in [5.74, 6) is 0.734. The largest absolute Gasteiger partial charge is 0.454 e. The Kier molecular flexibility index (Phi) is 4.35. The second-order valence-electron chi connectivity index (χ2n) is 5.44. The number of hydrogen-bond acceptors (Lipinski definition) is 2. The first-order chi connectivity index (χ1) is 11.1. The zero-order valence-electron chi connectivity index (χ0n) is 13.3. The molecule has 23 heavy (non-hydrogen) atoms. The van der Waals surface area contributed by atoms with E-state index in [0.717, 1.165) is 34.3 Å². The molecule has 0 atom stereocenters. The van der Waals surface area contributed by atoms with Crippen LogP contribution in [0.4, 0.5) is 0 Å². The number of halogens is 1. The van der Waals surface area contributed by atoms with Gasteiger partial charge in [0.15, 0.2) is 5.76 Å². The third kappa shape index (κ3) is 3.08. The molecule has 0 aliphatic heterocycles. The summed E-state index contributed by atoms with van der Waals surface area (Å²) in [7, 11) is 0. The monoisotopic (exact) mass is 323 g/mol. The minimum Gasteiger partial charge on any atom is -0.454 e. The van der Waals surface area contributed by atoms with Crippen molar-refractivity contribution in [2.75, 3.05) is 0 Å². The number of nitrogens with zero attached hydrogens (tertiary/aromatic N) is 1. The lowest BCUT2D eigenvalue weighted by molar-refractivity contribution is 0.602. The molecule has 3 heteroatoms. The molecule has 0 N–H and O–H groups in total. The molecule has 0 unspecified atom stereocenters. The maximum Gasteiger partial charge on any atom is 0.157 e. The van der Waals surface area contributed by atoms with E-state index < -0.39 is 0 Å². The molecule has 0 aliphatic carbocycles. The van der Waals surface area contributed by atoms with Crippen LogP contribution >= 0.6 is 11.6 Å². The molecule has 0 radical (unpaired) electrons. The second-order valence-corrected chi connectivity index (χ2v) is 5.88. The number of furan rings is 1. The van der Waals surface area contributed by atoms with Crippen LogP contribution in [-0.2, 0) is 6.42 Å². The molecule has 1 heterocycles. The summed E-state index contributed by atoms with van der Waals surface area (Å²) in [6, 6.07) is 16.3. The van der Waals surface area contributed by atoms with Gasteiger partial charge in [-0.2, -0.15) is 0 Å². The molecule has 0 saturated carbocycles. The molecule has 0 amide bonds. The summed E-state index contributed by atoms with van der Waals surface area (Å²) in [5.41, 5.74) is 4.85. The van der Waals surface area contributed by atoms with E-state index in [2.05, 4.69) is 30.6 Å². The van der Waals surface area contributed by atoms with E-state index in [1.165, 1.54) is 5.56 Å². The molecule has 0 fully saturated rings. The summed E-state index contributed by atoms with van der Waals surface area (Å²) in [5, 5.41) is 1.32. The third-order valence-corrected chi connectivity index (χ3v) is 4.01. The molecular weight excluding hydrogens is 306 g/mol. The van der Waals surface area contributed by atoms with Crippen LogP contribution in [0, 0.1) is 6.92 Å². The van der Waals surface area contributed by atoms with Gasteiger partial charge in [0.05, 0.1) is 0 Å². The molecule has 116 valence electrons. The van der Waals surface area contributed by atoms with Crippen LogP contribution in [0.5, 0.6) is 0 Å². The Hall–Kier alpha value is -2.32. The molecule has 2 nitrogen and oxygen atoms in total. The Morgan fingerprint density at radius 1 is 1.13 bits per heavy atom. The fourth-order valence-corrected chi connectivity index (χ4v) is 2.75. The first-order valence-electron chi connectivity index (χ1n) is 7.61. The van der Waals surface area contributed by atoms with Gasteiger partial charge in [-0.1, -0.05) is 67.6 Å². The average Bonchev–Trinajstić information content (AvgIpc) is 2.90. The van der Waals surface area contributed by atoms with Gasteiger partial charge in [-0.05, 0) is 25.0 Å². The van der Waals surface area contributed by atoms with E-state index in [1.54, 1.807) is 0 Å². The number of aliphatic imine (C=N–C) groups is 1. The minimum absolute atomic E-state index is 0.236. The fourth-order valence-electron chi connectivity index (χ4n) is 2.67. The molecule has 0 spiro atoms. The Balaban J connectivity index is 2.18. The van der Waals surface area contributed by atoms with Gasteiger partial charge in [0, 0.05) is 16.5 Å². The lowest BCUT2D eigenvalue weighted by atomic mass is 10.0. The highest BCUT2D eigenvalue weighted by Gasteiger charge is 2.17. The molecule has 3 aromatic rings. The summed E-state index contributed by atoms with van der Waals surface area (Å²) < 4.78 is 6.04. The van der Waals surface area contributed by atoms with E-state index in [1.807, 2.05) is 43.3 Å². The summed E-state index contributed by atoms with van der Waals surface area (Å²) >= 11 is 5.96. The Morgan fingerprint density at radius 2 is 1.83 bits per heavy atom. The topological polar surface area (TPSA) is 25.5 Å². The number of para-hydroxylation sites is 1. The smallest absolute Gasteiger partial charge is 0.157 e. The molecule has 0 bridgehead atoms. The Bertz CT molecular complexity index is 888. The SMILES string of the molecule is C=C(Cl)/N=C(/c1ccc(CC)cc1)c1oc2ccccc2c1C. The first kappa shape index (κ1) is 15.6. The van der Waals surface area contributed by atoms with Crippen molar-refractivity contribution in [3.63, 3.8) is 0 Å². The van der Waals surface area contributed by atoms with Crippen molar-refractivity contribution in [3.8, 4) is 0 Å². The number of benzene rings is 2. The maximum atomic E-state index is 6.04. The zero-order valence-corrected chi connectivity index (χ0v) is 14.0. The number of hydrogen-bond donors (Lipinski definition) is 0. The van der Waals surface area contributed by atoms with Gasteiger partial charge in [0.1, 0.15) is 16.5 Å². The summed E-state index contributed by atoms with van der Waals surface area (Å²) in [4.78, 5) is 4.42. The van der Waals surface area contributed by atoms with Crippen LogP contribution in [-0.4, -0.2) is 5.71 Å².